The number of aliphatic hydroxyl groups excluding tert-OH is 3. The standard InChI is InChI=1S/C28H30N6O3S2/c1-13(18-12-38-20-7-5-4-6-17(18)20)30-28-31-14(2)22(27-33-23-15(3)29-9-8-21(23)39-27)26(34-28)32-19-10-16(11-35)24(36)25(19)37/h4-9,12-13,16,19,24-25,35-37H,10-11H2,1-3H3,(H2,30,31,32,34)/t13-,16-,19-,24-,25+/m1/s1. The molecule has 5 N–H and O–H groups in total. The summed E-state index contributed by atoms with van der Waals surface area (Å²) in [5.74, 6) is 0.559. The molecule has 1 aliphatic rings. The largest absolute Gasteiger partial charge is 0.396 e. The van der Waals surface area contributed by atoms with Crippen molar-refractivity contribution < 1.29 is 15.3 Å². The Labute approximate surface area is 233 Å². The van der Waals surface area contributed by atoms with Crippen LogP contribution in [0, 0.1) is 19.8 Å². The van der Waals surface area contributed by atoms with Crippen molar-refractivity contribution in [2.45, 2.75) is 51.5 Å². The maximum absolute atomic E-state index is 10.7. The van der Waals surface area contributed by atoms with E-state index in [1.807, 2.05) is 32.0 Å². The third kappa shape index (κ3) is 4.74. The van der Waals surface area contributed by atoms with E-state index in [2.05, 4.69) is 40.1 Å². The lowest BCUT2D eigenvalue weighted by Gasteiger charge is -2.22. The summed E-state index contributed by atoms with van der Waals surface area (Å²) in [6.07, 6.45) is 0.124. The Morgan fingerprint density at radius 2 is 1.85 bits per heavy atom. The van der Waals surface area contributed by atoms with Gasteiger partial charge in [-0.2, -0.15) is 4.98 Å². The molecule has 1 saturated carbocycles. The fourth-order valence-corrected chi connectivity index (χ4v) is 7.48. The Hall–Kier alpha value is -3.22. The molecular weight excluding hydrogens is 532 g/mol. The summed E-state index contributed by atoms with van der Waals surface area (Å²) in [5.41, 5.74) is 4.32. The zero-order chi connectivity index (χ0) is 27.3. The van der Waals surface area contributed by atoms with Crippen molar-refractivity contribution in [3.05, 3.63) is 58.9 Å². The highest BCUT2D eigenvalue weighted by molar-refractivity contribution is 7.21. The first-order valence-corrected chi connectivity index (χ1v) is 14.6. The van der Waals surface area contributed by atoms with Crippen LogP contribution in [0.5, 0.6) is 0 Å². The molecule has 0 bridgehead atoms. The molecule has 0 radical (unpaired) electrons. The summed E-state index contributed by atoms with van der Waals surface area (Å²) in [6, 6.07) is 9.72. The number of hydrogen-bond acceptors (Lipinski definition) is 11. The summed E-state index contributed by atoms with van der Waals surface area (Å²) < 4.78 is 2.24. The Balaban J connectivity index is 1.40. The number of thiophene rings is 1. The second-order valence-electron chi connectivity index (χ2n) is 10.1. The van der Waals surface area contributed by atoms with Crippen molar-refractivity contribution in [3.63, 3.8) is 0 Å². The molecule has 5 atom stereocenters. The van der Waals surface area contributed by atoms with Crippen molar-refractivity contribution in [1.82, 2.24) is 19.9 Å². The van der Waals surface area contributed by atoms with Crippen molar-refractivity contribution in [3.8, 4) is 10.6 Å². The van der Waals surface area contributed by atoms with Gasteiger partial charge in [-0.25, -0.2) is 9.97 Å². The summed E-state index contributed by atoms with van der Waals surface area (Å²) in [5, 5.41) is 41.8. The molecule has 5 aromatic rings. The molecule has 1 aromatic carbocycles. The minimum Gasteiger partial charge on any atom is -0.396 e. The molecule has 4 heterocycles. The first kappa shape index (κ1) is 26.0. The van der Waals surface area contributed by atoms with Crippen LogP contribution in [-0.2, 0) is 0 Å². The number of rotatable bonds is 7. The minimum absolute atomic E-state index is 0.0481. The van der Waals surface area contributed by atoms with Crippen LogP contribution in [0.2, 0.25) is 0 Å². The van der Waals surface area contributed by atoms with Crippen LogP contribution < -0.4 is 10.6 Å². The fraction of sp³-hybridized carbons (Fsp3) is 0.357. The van der Waals surface area contributed by atoms with E-state index in [0.29, 0.717) is 18.2 Å². The average molecular weight is 563 g/mol. The Kier molecular flexibility index (Phi) is 6.94. The summed E-state index contributed by atoms with van der Waals surface area (Å²) in [4.78, 5) is 18.9. The van der Waals surface area contributed by atoms with Crippen molar-refractivity contribution >= 4 is 54.7 Å². The first-order chi connectivity index (χ1) is 18.8. The SMILES string of the molecule is Cc1nc(N[C@H](C)c2csc3ccccc23)nc(N[C@@H]2C[C@H](CO)[C@@H](O)[C@H]2O)c1-c1nc2c(C)nccc2s1. The van der Waals surface area contributed by atoms with Crippen LogP contribution in [0.15, 0.2) is 41.9 Å². The van der Waals surface area contributed by atoms with Gasteiger partial charge in [-0.15, -0.1) is 22.7 Å². The van der Waals surface area contributed by atoms with Crippen LogP contribution in [-0.4, -0.2) is 60.1 Å². The lowest BCUT2D eigenvalue weighted by atomic mass is 10.1. The topological polar surface area (TPSA) is 136 Å². The van der Waals surface area contributed by atoms with Gasteiger partial charge in [0.1, 0.15) is 22.4 Å². The second-order valence-corrected chi connectivity index (χ2v) is 12.0. The maximum atomic E-state index is 10.7. The van der Waals surface area contributed by atoms with Crippen LogP contribution in [0.3, 0.4) is 0 Å². The lowest BCUT2D eigenvalue weighted by Crippen LogP contribution is -2.35. The van der Waals surface area contributed by atoms with Crippen molar-refractivity contribution in [2.24, 2.45) is 5.92 Å². The van der Waals surface area contributed by atoms with Crippen molar-refractivity contribution in [1.29, 1.82) is 0 Å². The smallest absolute Gasteiger partial charge is 0.225 e. The number of nitrogens with one attached hydrogen (secondary N) is 2. The van der Waals surface area contributed by atoms with E-state index >= 15 is 0 Å². The van der Waals surface area contributed by atoms with Crippen LogP contribution in [0.4, 0.5) is 11.8 Å². The lowest BCUT2D eigenvalue weighted by molar-refractivity contribution is 0.00446. The van der Waals surface area contributed by atoms with Gasteiger partial charge in [0.05, 0.1) is 39.8 Å². The number of pyridine rings is 1. The Morgan fingerprint density at radius 3 is 2.62 bits per heavy atom. The zero-order valence-corrected chi connectivity index (χ0v) is 23.4. The van der Waals surface area contributed by atoms with Gasteiger partial charge in [0.2, 0.25) is 5.95 Å². The minimum atomic E-state index is -1.04. The molecule has 9 nitrogen and oxygen atoms in total. The third-order valence-electron chi connectivity index (χ3n) is 7.48. The molecule has 202 valence electrons. The average Bonchev–Trinajstić information content (AvgIpc) is 3.61. The van der Waals surface area contributed by atoms with Gasteiger partial charge in [0.15, 0.2) is 0 Å². The van der Waals surface area contributed by atoms with Gasteiger partial charge in [-0.1, -0.05) is 18.2 Å². The predicted octanol–water partition coefficient (Wildman–Crippen LogP) is 4.67. The van der Waals surface area contributed by atoms with Crippen LogP contribution >= 0.6 is 22.7 Å². The molecule has 1 aliphatic carbocycles. The number of aromatic nitrogens is 4. The molecule has 6 rings (SSSR count). The molecule has 4 aromatic heterocycles. The molecule has 39 heavy (non-hydrogen) atoms. The van der Waals surface area contributed by atoms with Crippen LogP contribution in [0.25, 0.3) is 30.9 Å². The molecule has 0 aliphatic heterocycles. The molecule has 1 fully saturated rings. The van der Waals surface area contributed by atoms with Gasteiger partial charge < -0.3 is 26.0 Å². The molecule has 0 amide bonds. The van der Waals surface area contributed by atoms with Gasteiger partial charge >= 0.3 is 0 Å². The van der Waals surface area contributed by atoms with E-state index in [-0.39, 0.29) is 12.6 Å². The normalized spacial score (nSPS) is 22.0. The van der Waals surface area contributed by atoms with Crippen LogP contribution in [0.1, 0.15) is 36.3 Å². The molecule has 11 heteroatoms. The number of nitrogens with zero attached hydrogens (tertiary/aromatic N) is 4. The summed E-state index contributed by atoms with van der Waals surface area (Å²) in [6.45, 7) is 5.74. The van der Waals surface area contributed by atoms with E-state index in [1.54, 1.807) is 17.5 Å². The summed E-state index contributed by atoms with van der Waals surface area (Å²) in [7, 11) is 0. The fourth-order valence-electron chi connectivity index (χ4n) is 5.32. The van der Waals surface area contributed by atoms with Crippen molar-refractivity contribution in [2.75, 3.05) is 17.2 Å². The predicted molar refractivity (Wildman–Crippen MR) is 156 cm³/mol. The second kappa shape index (κ2) is 10.4. The van der Waals surface area contributed by atoms with E-state index in [0.717, 1.165) is 32.2 Å². The number of benzene rings is 1. The highest BCUT2D eigenvalue weighted by Gasteiger charge is 2.41. The van der Waals surface area contributed by atoms with E-state index < -0.39 is 24.2 Å². The molecular formula is C28H30N6O3S2. The highest BCUT2D eigenvalue weighted by Crippen LogP contribution is 2.39. The quantitative estimate of drug-likeness (QED) is 0.192. The number of anilines is 2. The monoisotopic (exact) mass is 562 g/mol. The molecule has 0 spiro atoms. The summed E-state index contributed by atoms with van der Waals surface area (Å²) >= 11 is 3.24. The molecule has 0 unspecified atom stereocenters. The number of aliphatic hydroxyl groups is 3. The number of fused-ring (bicyclic) bond motifs is 2. The van der Waals surface area contributed by atoms with Gasteiger partial charge in [-0.3, -0.25) is 4.98 Å². The van der Waals surface area contributed by atoms with Gasteiger partial charge in [0.25, 0.3) is 0 Å². The highest BCUT2D eigenvalue weighted by atomic mass is 32.1. The third-order valence-corrected chi connectivity index (χ3v) is 9.50. The number of aryl methyl sites for hydroxylation is 2. The van der Waals surface area contributed by atoms with Gasteiger partial charge in [-0.05, 0) is 55.7 Å². The van der Waals surface area contributed by atoms with E-state index in [1.165, 1.54) is 27.0 Å². The maximum Gasteiger partial charge on any atom is 0.225 e. The van der Waals surface area contributed by atoms with Gasteiger partial charge in [0, 0.05) is 23.4 Å². The molecule has 0 saturated heterocycles. The first-order valence-electron chi connectivity index (χ1n) is 12.9. The zero-order valence-electron chi connectivity index (χ0n) is 21.8. The number of thiazole rings is 1. The van der Waals surface area contributed by atoms with E-state index in [4.69, 9.17) is 15.0 Å². The van der Waals surface area contributed by atoms with E-state index in [9.17, 15) is 15.3 Å². The Bertz CT molecular complexity index is 1650. The number of hydrogen-bond donors (Lipinski definition) is 5. The Morgan fingerprint density at radius 1 is 1.03 bits per heavy atom.